The molecule has 2 N–H and O–H groups in total. The van der Waals surface area contributed by atoms with Crippen LogP contribution >= 0.6 is 0 Å². The standard InChI is InChI=1S/C36H49N7O3/c1-6-8-9-10-29(40-35(44)21-42-19-26-11-12-30(42)13-26)15-33(24(3)4)41-36(45)32-18-37-28(7-2)14-34(38-16-25(32)5)27-17-39-43(20-27)31-22-46-23-31/h9-10,14-18,20,26,28,30-31H,6-8,11-13,19,21-23H2,1-5H3,(H,40,44)(H,41,45)/b10-9+,29-15+,32-25-,34-14-,37-18?,38-16-. The summed E-state index contributed by atoms with van der Waals surface area (Å²) >= 11 is 0. The summed E-state index contributed by atoms with van der Waals surface area (Å²) in [4.78, 5) is 38.8. The summed E-state index contributed by atoms with van der Waals surface area (Å²) in [5.74, 6) is 0.417. The molecule has 1 aliphatic carbocycles. The second-order valence-corrected chi connectivity index (χ2v) is 13.0. The van der Waals surface area contributed by atoms with Crippen LogP contribution < -0.4 is 10.6 Å². The van der Waals surface area contributed by atoms with Gasteiger partial charge in [0.1, 0.15) is 0 Å². The molecular weight excluding hydrogens is 578 g/mol. The van der Waals surface area contributed by atoms with Crippen molar-refractivity contribution in [2.45, 2.75) is 91.3 Å². The van der Waals surface area contributed by atoms with Gasteiger partial charge in [-0.05, 0) is 82.6 Å². The van der Waals surface area contributed by atoms with Crippen LogP contribution in [-0.2, 0) is 14.3 Å². The molecule has 2 bridgehead atoms. The fourth-order valence-corrected chi connectivity index (χ4v) is 6.21. The van der Waals surface area contributed by atoms with Crippen LogP contribution in [0.25, 0.3) is 5.70 Å². The highest BCUT2D eigenvalue weighted by atomic mass is 16.5. The van der Waals surface area contributed by atoms with Gasteiger partial charge in [0.25, 0.3) is 5.91 Å². The Labute approximate surface area is 273 Å². The molecule has 4 heterocycles. The Hall–Kier alpha value is -3.89. The third-order valence-corrected chi connectivity index (χ3v) is 9.11. The number of rotatable bonds is 12. The number of nitrogens with one attached hydrogen (secondary N) is 2. The van der Waals surface area contributed by atoms with Crippen molar-refractivity contribution < 1.29 is 14.3 Å². The molecule has 2 saturated heterocycles. The smallest absolute Gasteiger partial charge is 0.257 e. The molecule has 3 aliphatic heterocycles. The minimum absolute atomic E-state index is 0.0296. The Bertz CT molecular complexity index is 1500. The number of nitrogens with zero attached hydrogens (tertiary/aromatic N) is 5. The highest BCUT2D eigenvalue weighted by Gasteiger charge is 2.38. The van der Waals surface area contributed by atoms with E-state index in [0.29, 0.717) is 48.3 Å². The molecule has 246 valence electrons. The van der Waals surface area contributed by atoms with Crippen molar-refractivity contribution in [2.75, 3.05) is 26.3 Å². The number of likely N-dealkylation sites (tertiary alicyclic amines) is 1. The van der Waals surface area contributed by atoms with Crippen molar-refractivity contribution >= 4 is 29.9 Å². The van der Waals surface area contributed by atoms with Gasteiger partial charge in [0.2, 0.25) is 5.91 Å². The first-order valence-corrected chi connectivity index (χ1v) is 16.8. The first kappa shape index (κ1) is 33.5. The summed E-state index contributed by atoms with van der Waals surface area (Å²) in [5.41, 5.74) is 4.99. The molecule has 3 fully saturated rings. The van der Waals surface area contributed by atoms with E-state index < -0.39 is 0 Å². The first-order chi connectivity index (χ1) is 22.2. The third-order valence-electron chi connectivity index (χ3n) is 9.11. The van der Waals surface area contributed by atoms with Crippen molar-refractivity contribution in [2.24, 2.45) is 15.9 Å². The van der Waals surface area contributed by atoms with Gasteiger partial charge >= 0.3 is 0 Å². The average Bonchev–Trinajstić information content (AvgIpc) is 3.75. The number of hydrogen-bond acceptors (Lipinski definition) is 7. The number of carbonyl (C=O) groups excluding carboxylic acids is 2. The molecule has 0 aromatic carbocycles. The highest BCUT2D eigenvalue weighted by Crippen LogP contribution is 2.37. The SMILES string of the molecule is CCC/C=C/C(=C\C(NC(=O)\C1=C(C)/C=N\C(c2cnn(C3COC3)c2)=C/C(CC)N=C1)=C(C)C)NC(=O)CN1CC2CCC1C2. The van der Waals surface area contributed by atoms with E-state index in [4.69, 9.17) is 14.7 Å². The molecule has 5 rings (SSSR count). The van der Waals surface area contributed by atoms with Gasteiger partial charge in [-0.2, -0.15) is 5.10 Å². The van der Waals surface area contributed by atoms with E-state index in [1.54, 1.807) is 12.4 Å². The van der Waals surface area contributed by atoms with Gasteiger partial charge in [-0.25, -0.2) is 0 Å². The Morgan fingerprint density at radius 1 is 1.11 bits per heavy atom. The number of hydrogen-bond donors (Lipinski definition) is 2. The number of amides is 2. The van der Waals surface area contributed by atoms with Gasteiger partial charge in [-0.3, -0.25) is 29.2 Å². The van der Waals surface area contributed by atoms with Gasteiger partial charge in [0, 0.05) is 48.2 Å². The number of aliphatic imine (C=N–C) groups is 2. The molecule has 2 amide bonds. The molecule has 3 unspecified atom stereocenters. The molecule has 46 heavy (non-hydrogen) atoms. The molecular formula is C36H49N7O3. The lowest BCUT2D eigenvalue weighted by Gasteiger charge is -2.26. The van der Waals surface area contributed by atoms with Crippen LogP contribution in [0.5, 0.6) is 0 Å². The van der Waals surface area contributed by atoms with E-state index in [-0.39, 0.29) is 23.9 Å². The van der Waals surface area contributed by atoms with Crippen LogP contribution in [0.1, 0.15) is 84.7 Å². The van der Waals surface area contributed by atoms with Crippen molar-refractivity contribution in [3.05, 3.63) is 70.4 Å². The van der Waals surface area contributed by atoms with Crippen molar-refractivity contribution in [3.63, 3.8) is 0 Å². The van der Waals surface area contributed by atoms with Crippen LogP contribution in [0.3, 0.4) is 0 Å². The van der Waals surface area contributed by atoms with Crippen molar-refractivity contribution in [3.8, 4) is 0 Å². The first-order valence-electron chi connectivity index (χ1n) is 16.8. The lowest BCUT2D eigenvalue weighted by atomic mass is 10.1. The quantitative estimate of drug-likeness (QED) is 0.306. The van der Waals surface area contributed by atoms with E-state index >= 15 is 0 Å². The van der Waals surface area contributed by atoms with Crippen LogP contribution in [0.4, 0.5) is 0 Å². The molecule has 0 spiro atoms. The van der Waals surface area contributed by atoms with Gasteiger partial charge in [0.05, 0.1) is 49.3 Å². The summed E-state index contributed by atoms with van der Waals surface area (Å²) in [6, 6.07) is 0.622. The molecule has 10 heteroatoms. The number of unbranched alkanes of at least 4 members (excludes halogenated alkanes) is 1. The minimum atomic E-state index is -0.285. The predicted octanol–water partition coefficient (Wildman–Crippen LogP) is 5.30. The Kier molecular flexibility index (Phi) is 11.4. The monoisotopic (exact) mass is 627 g/mol. The van der Waals surface area contributed by atoms with E-state index in [1.807, 2.05) is 56.1 Å². The van der Waals surface area contributed by atoms with Gasteiger partial charge in [0.15, 0.2) is 0 Å². The lowest BCUT2D eigenvalue weighted by molar-refractivity contribution is -0.121. The normalized spacial score (nSPS) is 27.0. The van der Waals surface area contributed by atoms with Crippen LogP contribution in [0.15, 0.2) is 74.8 Å². The average molecular weight is 628 g/mol. The Balaban J connectivity index is 1.33. The predicted molar refractivity (Wildman–Crippen MR) is 183 cm³/mol. The summed E-state index contributed by atoms with van der Waals surface area (Å²) in [6.07, 6.45) is 21.4. The third kappa shape index (κ3) is 8.47. The number of piperidine rings is 1. The minimum Gasteiger partial charge on any atom is -0.377 e. The number of fused-ring (bicyclic) bond motifs is 2. The number of allylic oxidation sites excluding steroid dienone is 5. The molecule has 10 nitrogen and oxygen atoms in total. The van der Waals surface area contributed by atoms with Gasteiger partial charge < -0.3 is 15.4 Å². The highest BCUT2D eigenvalue weighted by molar-refractivity contribution is 6.17. The zero-order valence-corrected chi connectivity index (χ0v) is 28.0. The Morgan fingerprint density at radius 2 is 1.93 bits per heavy atom. The molecule has 3 atom stereocenters. The second-order valence-electron chi connectivity index (χ2n) is 13.0. The van der Waals surface area contributed by atoms with Crippen molar-refractivity contribution in [1.82, 2.24) is 25.3 Å². The summed E-state index contributed by atoms with van der Waals surface area (Å²) in [6.45, 7) is 12.7. The molecule has 0 radical (unpaired) electrons. The van der Waals surface area contributed by atoms with E-state index in [1.165, 1.54) is 19.3 Å². The molecule has 1 aromatic heterocycles. The summed E-state index contributed by atoms with van der Waals surface area (Å²) in [5, 5.41) is 10.7. The number of carbonyl (C=O) groups is 2. The second kappa shape index (κ2) is 15.6. The zero-order valence-electron chi connectivity index (χ0n) is 28.0. The zero-order chi connectivity index (χ0) is 32.6. The van der Waals surface area contributed by atoms with Crippen LogP contribution in [0, 0.1) is 5.92 Å². The maximum absolute atomic E-state index is 13.8. The van der Waals surface area contributed by atoms with Gasteiger partial charge in [-0.1, -0.05) is 31.9 Å². The fourth-order valence-electron chi connectivity index (χ4n) is 6.21. The molecule has 1 saturated carbocycles. The lowest BCUT2D eigenvalue weighted by Crippen LogP contribution is -2.40. The maximum Gasteiger partial charge on any atom is 0.257 e. The van der Waals surface area contributed by atoms with E-state index in [2.05, 4.69) is 40.6 Å². The van der Waals surface area contributed by atoms with E-state index in [9.17, 15) is 9.59 Å². The Morgan fingerprint density at radius 3 is 2.59 bits per heavy atom. The maximum atomic E-state index is 13.8. The molecule has 1 aromatic rings. The van der Waals surface area contributed by atoms with E-state index in [0.717, 1.165) is 48.6 Å². The number of ether oxygens (including phenoxy) is 1. The fraction of sp³-hybridized carbons (Fsp3) is 0.528. The summed E-state index contributed by atoms with van der Waals surface area (Å²) in [7, 11) is 0. The molecule has 4 aliphatic rings. The largest absolute Gasteiger partial charge is 0.377 e. The summed E-state index contributed by atoms with van der Waals surface area (Å²) < 4.78 is 7.24. The number of aromatic nitrogens is 2. The van der Waals surface area contributed by atoms with Crippen molar-refractivity contribution in [1.29, 1.82) is 0 Å². The van der Waals surface area contributed by atoms with Gasteiger partial charge in [-0.15, -0.1) is 0 Å². The van der Waals surface area contributed by atoms with Crippen LogP contribution in [0.2, 0.25) is 0 Å². The van der Waals surface area contributed by atoms with Crippen LogP contribution in [-0.4, -0.2) is 77.3 Å². The topological polar surface area (TPSA) is 113 Å².